The molecule has 0 aromatic rings. The topological polar surface area (TPSA) is 73.3 Å². The van der Waals surface area contributed by atoms with Crippen LogP contribution in [-0.2, 0) is 0 Å². The van der Waals surface area contributed by atoms with Crippen molar-refractivity contribution >= 4 is 5.84 Å². The first-order valence-electron chi connectivity index (χ1n) is 3.98. The van der Waals surface area contributed by atoms with Crippen molar-refractivity contribution in [2.24, 2.45) is 5.73 Å². The fourth-order valence-electron chi connectivity index (χ4n) is 1.36. The molecule has 4 heteroatoms. The van der Waals surface area contributed by atoms with Gasteiger partial charge >= 0.3 is 0 Å². The molecular formula is C7H15N3O. The van der Waals surface area contributed by atoms with E-state index in [-0.39, 0.29) is 5.84 Å². The Morgan fingerprint density at radius 1 is 1.36 bits per heavy atom. The molecule has 0 aromatic heterocycles. The zero-order valence-electron chi connectivity index (χ0n) is 6.58. The fraction of sp³-hybridized carbons (Fsp3) is 0.857. The fourth-order valence-corrected chi connectivity index (χ4v) is 1.36. The molecule has 0 saturated carbocycles. The lowest BCUT2D eigenvalue weighted by molar-refractivity contribution is 0.0413. The van der Waals surface area contributed by atoms with Gasteiger partial charge in [-0.05, 0) is 12.8 Å². The van der Waals surface area contributed by atoms with Gasteiger partial charge in [0, 0.05) is 13.1 Å². The Labute approximate surface area is 66.5 Å². The maximum Gasteiger partial charge on any atom is 0.165 e. The molecule has 11 heavy (non-hydrogen) atoms. The molecule has 0 aromatic carbocycles. The van der Waals surface area contributed by atoms with Gasteiger partial charge < -0.3 is 10.8 Å². The smallest absolute Gasteiger partial charge is 0.165 e. The van der Waals surface area contributed by atoms with E-state index in [9.17, 15) is 5.11 Å². The van der Waals surface area contributed by atoms with Gasteiger partial charge in [-0.2, -0.15) is 0 Å². The molecule has 4 nitrogen and oxygen atoms in total. The quantitative estimate of drug-likeness (QED) is 0.381. The van der Waals surface area contributed by atoms with Crippen LogP contribution < -0.4 is 5.73 Å². The van der Waals surface area contributed by atoms with Crippen molar-refractivity contribution in [1.82, 2.24) is 4.90 Å². The van der Waals surface area contributed by atoms with Crippen LogP contribution in [0, 0.1) is 5.41 Å². The van der Waals surface area contributed by atoms with Crippen LogP contribution in [0.5, 0.6) is 0 Å². The molecule has 0 radical (unpaired) electrons. The van der Waals surface area contributed by atoms with E-state index in [0.717, 1.165) is 25.9 Å². The lowest BCUT2D eigenvalue weighted by atomic mass is 10.1. The molecule has 1 unspecified atom stereocenters. The monoisotopic (exact) mass is 157 g/mol. The van der Waals surface area contributed by atoms with E-state index < -0.39 is 6.23 Å². The summed E-state index contributed by atoms with van der Waals surface area (Å²) in [5.41, 5.74) is 5.16. The van der Waals surface area contributed by atoms with Crippen LogP contribution in [-0.4, -0.2) is 35.2 Å². The maximum absolute atomic E-state index is 9.33. The molecule has 1 saturated heterocycles. The molecular weight excluding hydrogens is 142 g/mol. The predicted octanol–water partition coefficient (Wildman–Crippen LogP) is -0.273. The molecule has 0 aliphatic carbocycles. The van der Waals surface area contributed by atoms with Crippen molar-refractivity contribution in [3.8, 4) is 0 Å². The van der Waals surface area contributed by atoms with Gasteiger partial charge in [0.2, 0.25) is 0 Å². The first-order chi connectivity index (χ1) is 5.22. The van der Waals surface area contributed by atoms with Gasteiger partial charge in [0.25, 0.3) is 0 Å². The number of aliphatic hydroxyl groups excluding tert-OH is 1. The average molecular weight is 157 g/mol. The van der Waals surface area contributed by atoms with Gasteiger partial charge in [-0.3, -0.25) is 10.3 Å². The third kappa shape index (κ3) is 2.17. The summed E-state index contributed by atoms with van der Waals surface area (Å²) in [5.74, 6) is -0.146. The summed E-state index contributed by atoms with van der Waals surface area (Å²) in [7, 11) is 0. The Kier molecular flexibility index (Phi) is 2.84. The van der Waals surface area contributed by atoms with E-state index in [1.807, 2.05) is 4.90 Å². The average Bonchev–Trinajstić information content (AvgIpc) is 2.05. The second-order valence-corrected chi connectivity index (χ2v) is 2.93. The van der Waals surface area contributed by atoms with Gasteiger partial charge in [-0.25, -0.2) is 0 Å². The number of rotatable bonds is 2. The lowest BCUT2D eigenvalue weighted by Crippen LogP contribution is -2.46. The molecule has 64 valence electrons. The summed E-state index contributed by atoms with van der Waals surface area (Å²) >= 11 is 0. The second-order valence-electron chi connectivity index (χ2n) is 2.93. The summed E-state index contributed by atoms with van der Waals surface area (Å²) in [5, 5.41) is 16.4. The molecule has 1 atom stereocenters. The van der Waals surface area contributed by atoms with Gasteiger partial charge in [0.05, 0.1) is 0 Å². The minimum Gasteiger partial charge on any atom is -0.384 e. The third-order valence-corrected chi connectivity index (χ3v) is 2.01. The number of hydrogen-bond acceptors (Lipinski definition) is 3. The van der Waals surface area contributed by atoms with Crippen LogP contribution >= 0.6 is 0 Å². The zero-order chi connectivity index (χ0) is 8.27. The highest BCUT2D eigenvalue weighted by Gasteiger charge is 2.19. The Morgan fingerprint density at radius 2 is 1.91 bits per heavy atom. The largest absolute Gasteiger partial charge is 0.384 e. The molecule has 0 amide bonds. The molecule has 0 spiro atoms. The summed E-state index contributed by atoms with van der Waals surface area (Å²) in [4.78, 5) is 1.84. The highest BCUT2D eigenvalue weighted by molar-refractivity contribution is 5.80. The van der Waals surface area contributed by atoms with E-state index in [1.165, 1.54) is 6.42 Å². The molecule has 0 bridgehead atoms. The van der Waals surface area contributed by atoms with Gasteiger partial charge in [-0.1, -0.05) is 6.42 Å². The van der Waals surface area contributed by atoms with Crippen LogP contribution in [0.3, 0.4) is 0 Å². The number of nitrogens with two attached hydrogens (primary N) is 1. The van der Waals surface area contributed by atoms with Crippen LogP contribution in [0.2, 0.25) is 0 Å². The Balaban J connectivity index is 2.38. The first-order valence-corrected chi connectivity index (χ1v) is 3.98. The van der Waals surface area contributed by atoms with Crippen LogP contribution in [0.1, 0.15) is 19.3 Å². The van der Waals surface area contributed by atoms with Gasteiger partial charge in [-0.15, -0.1) is 0 Å². The Hall–Kier alpha value is -0.610. The minimum absolute atomic E-state index is 0.146. The summed E-state index contributed by atoms with van der Waals surface area (Å²) < 4.78 is 0. The predicted molar refractivity (Wildman–Crippen MR) is 43.3 cm³/mol. The van der Waals surface area contributed by atoms with Gasteiger partial charge in [0.15, 0.2) is 6.23 Å². The van der Waals surface area contributed by atoms with E-state index in [1.54, 1.807) is 0 Å². The highest BCUT2D eigenvalue weighted by atomic mass is 16.3. The van der Waals surface area contributed by atoms with E-state index in [0.29, 0.717) is 0 Å². The van der Waals surface area contributed by atoms with Crippen molar-refractivity contribution in [2.45, 2.75) is 25.5 Å². The first kappa shape index (κ1) is 8.49. The van der Waals surface area contributed by atoms with Gasteiger partial charge in [0.1, 0.15) is 5.84 Å². The summed E-state index contributed by atoms with van der Waals surface area (Å²) in [6.07, 6.45) is 2.57. The number of hydrogen-bond donors (Lipinski definition) is 3. The SMILES string of the molecule is N=C(N)C(O)N1CCCCC1. The summed E-state index contributed by atoms with van der Waals surface area (Å²) in [6.45, 7) is 1.72. The third-order valence-electron chi connectivity index (χ3n) is 2.01. The number of nitrogens with zero attached hydrogens (tertiary/aromatic N) is 1. The number of aliphatic hydroxyl groups is 1. The van der Waals surface area contributed by atoms with Crippen molar-refractivity contribution in [3.05, 3.63) is 0 Å². The standard InChI is InChI=1S/C7H15N3O/c8-6(9)7(11)10-4-2-1-3-5-10/h7,11H,1-5H2,(H3,8,9). The molecule has 1 aliphatic heterocycles. The van der Waals surface area contributed by atoms with Crippen LogP contribution in [0.25, 0.3) is 0 Å². The normalized spacial score (nSPS) is 23.0. The summed E-state index contributed by atoms with van der Waals surface area (Å²) in [6, 6.07) is 0. The molecule has 4 N–H and O–H groups in total. The van der Waals surface area contributed by atoms with Crippen LogP contribution in [0.4, 0.5) is 0 Å². The lowest BCUT2D eigenvalue weighted by Gasteiger charge is -2.30. The molecule has 1 fully saturated rings. The molecule has 1 aliphatic rings. The van der Waals surface area contributed by atoms with Crippen molar-refractivity contribution in [2.75, 3.05) is 13.1 Å². The van der Waals surface area contributed by atoms with E-state index >= 15 is 0 Å². The Morgan fingerprint density at radius 3 is 2.36 bits per heavy atom. The van der Waals surface area contributed by atoms with Crippen molar-refractivity contribution < 1.29 is 5.11 Å². The van der Waals surface area contributed by atoms with Crippen molar-refractivity contribution in [3.63, 3.8) is 0 Å². The van der Waals surface area contributed by atoms with E-state index in [4.69, 9.17) is 11.1 Å². The number of likely N-dealkylation sites (tertiary alicyclic amines) is 1. The number of nitrogens with one attached hydrogen (secondary N) is 1. The zero-order valence-corrected chi connectivity index (χ0v) is 6.58. The highest BCUT2D eigenvalue weighted by Crippen LogP contribution is 2.10. The van der Waals surface area contributed by atoms with E-state index in [2.05, 4.69) is 0 Å². The van der Waals surface area contributed by atoms with Crippen LogP contribution in [0.15, 0.2) is 0 Å². The minimum atomic E-state index is -0.852. The molecule has 1 heterocycles. The number of piperidine rings is 1. The Bertz CT molecular complexity index is 143. The second kappa shape index (κ2) is 3.69. The number of amidine groups is 1. The maximum atomic E-state index is 9.33. The van der Waals surface area contributed by atoms with Crippen molar-refractivity contribution in [1.29, 1.82) is 5.41 Å². The molecule has 1 rings (SSSR count).